The van der Waals surface area contributed by atoms with Crippen LogP contribution in [0.2, 0.25) is 0 Å². The normalized spacial score (nSPS) is 13.0. The highest BCUT2D eigenvalue weighted by Gasteiger charge is 2.14. The van der Waals surface area contributed by atoms with Gasteiger partial charge in [0.2, 0.25) is 11.9 Å². The number of nitrogen functional groups attached to an aromatic ring is 1. The van der Waals surface area contributed by atoms with Gasteiger partial charge in [-0.15, -0.1) is 0 Å². The summed E-state index contributed by atoms with van der Waals surface area (Å²) in [6.07, 6.45) is 0. The van der Waals surface area contributed by atoms with E-state index in [-0.39, 0.29) is 5.95 Å². The van der Waals surface area contributed by atoms with Gasteiger partial charge in [-0.1, -0.05) is 59.9 Å². The van der Waals surface area contributed by atoms with Gasteiger partial charge in [0.05, 0.1) is 11.4 Å². The fourth-order valence-corrected chi connectivity index (χ4v) is 4.34. The molecule has 4 rings (SSSR count). The minimum absolute atomic E-state index is 0.206. The van der Waals surface area contributed by atoms with E-state index < -0.39 is 0 Å². The van der Waals surface area contributed by atoms with E-state index in [4.69, 9.17) is 10.7 Å². The molecule has 8 heteroatoms. The first-order valence-electron chi connectivity index (χ1n) is 8.01. The Labute approximate surface area is 159 Å². The number of benzene rings is 2. The Morgan fingerprint density at radius 3 is 2.69 bits per heavy atom. The molecule has 2 aromatic carbocycles. The predicted molar refractivity (Wildman–Crippen MR) is 110 cm³/mol. The number of aromatic nitrogens is 3. The van der Waals surface area contributed by atoms with Crippen molar-refractivity contribution in [2.45, 2.75) is 11.5 Å². The molecule has 0 aliphatic carbocycles. The number of thioether (sulfide) groups is 2. The van der Waals surface area contributed by atoms with E-state index in [0.717, 1.165) is 21.5 Å². The van der Waals surface area contributed by atoms with Gasteiger partial charge in [-0.25, -0.2) is 4.99 Å². The average molecular weight is 381 g/mol. The zero-order valence-corrected chi connectivity index (χ0v) is 15.4. The third-order valence-electron chi connectivity index (χ3n) is 3.61. The second-order valence-corrected chi connectivity index (χ2v) is 7.69. The zero-order valence-electron chi connectivity index (χ0n) is 13.8. The first-order valence-corrected chi connectivity index (χ1v) is 9.98. The molecule has 3 aromatic rings. The minimum atomic E-state index is 0.206. The number of fused-ring (bicyclic) bond motifs is 1. The summed E-state index contributed by atoms with van der Waals surface area (Å²) in [6, 6.07) is 17.9. The van der Waals surface area contributed by atoms with Crippen LogP contribution in [0.15, 0.2) is 59.6 Å². The van der Waals surface area contributed by atoms with Gasteiger partial charge < -0.3 is 11.1 Å². The van der Waals surface area contributed by atoms with E-state index in [1.54, 1.807) is 23.5 Å². The molecule has 1 aromatic heterocycles. The van der Waals surface area contributed by atoms with Gasteiger partial charge in [-0.05, 0) is 23.8 Å². The molecule has 0 radical (unpaired) electrons. The standard InChI is InChI=1S/C18H16N6S2/c19-16-22-15(23-17(24-16)20-13-7-2-1-3-8-13)11-26-18-21-14-9-5-4-6-12(14)10-25-18/h1-9H,10-11H2,(H3,19,20,22,23,24). The van der Waals surface area contributed by atoms with Crippen molar-refractivity contribution in [1.82, 2.24) is 15.0 Å². The Morgan fingerprint density at radius 1 is 1.00 bits per heavy atom. The quantitative estimate of drug-likeness (QED) is 0.695. The third kappa shape index (κ3) is 4.14. The molecule has 0 atom stereocenters. The van der Waals surface area contributed by atoms with Gasteiger partial charge in [0, 0.05) is 11.4 Å². The molecule has 0 fully saturated rings. The minimum Gasteiger partial charge on any atom is -0.368 e. The molecule has 0 saturated heterocycles. The van der Waals surface area contributed by atoms with Crippen molar-refractivity contribution < 1.29 is 0 Å². The number of aliphatic imine (C=N–C) groups is 1. The summed E-state index contributed by atoms with van der Waals surface area (Å²) in [4.78, 5) is 17.5. The summed E-state index contributed by atoms with van der Waals surface area (Å²) in [6.45, 7) is 0. The summed E-state index contributed by atoms with van der Waals surface area (Å²) in [5.41, 5.74) is 9.04. The van der Waals surface area contributed by atoms with Crippen molar-refractivity contribution in [3.05, 3.63) is 66.0 Å². The van der Waals surface area contributed by atoms with Gasteiger partial charge in [0.1, 0.15) is 10.2 Å². The van der Waals surface area contributed by atoms with Crippen molar-refractivity contribution in [3.8, 4) is 0 Å². The van der Waals surface area contributed by atoms with Crippen molar-refractivity contribution >= 4 is 51.2 Å². The largest absolute Gasteiger partial charge is 0.368 e. The van der Waals surface area contributed by atoms with Crippen LogP contribution in [0, 0.1) is 0 Å². The number of hydrogen-bond acceptors (Lipinski definition) is 8. The Kier molecular flexibility index (Phi) is 5.03. The summed E-state index contributed by atoms with van der Waals surface area (Å²) in [7, 11) is 0. The lowest BCUT2D eigenvalue weighted by Crippen LogP contribution is -2.07. The highest BCUT2D eigenvalue weighted by atomic mass is 32.2. The molecule has 1 aliphatic heterocycles. The van der Waals surface area contributed by atoms with Crippen LogP contribution in [0.3, 0.4) is 0 Å². The number of hydrogen-bond donors (Lipinski definition) is 2. The van der Waals surface area contributed by atoms with Crippen LogP contribution in [0.1, 0.15) is 11.4 Å². The SMILES string of the molecule is Nc1nc(CSC2=Nc3ccccc3CS2)nc(Nc2ccccc2)n1. The fourth-order valence-electron chi connectivity index (χ4n) is 2.42. The smallest absolute Gasteiger partial charge is 0.232 e. The first kappa shape index (κ1) is 16.9. The molecule has 0 spiro atoms. The van der Waals surface area contributed by atoms with Crippen molar-refractivity contribution in [2.75, 3.05) is 11.1 Å². The van der Waals surface area contributed by atoms with Gasteiger partial charge in [0.25, 0.3) is 0 Å². The van der Waals surface area contributed by atoms with E-state index in [2.05, 4.69) is 26.3 Å². The maximum absolute atomic E-state index is 5.84. The summed E-state index contributed by atoms with van der Waals surface area (Å²) in [5.74, 6) is 2.80. The van der Waals surface area contributed by atoms with Gasteiger partial charge in [0.15, 0.2) is 0 Å². The summed E-state index contributed by atoms with van der Waals surface area (Å²) < 4.78 is 1.01. The Bertz CT molecular complexity index is 945. The second kappa shape index (κ2) is 7.76. The summed E-state index contributed by atoms with van der Waals surface area (Å²) in [5, 5.41) is 3.15. The predicted octanol–water partition coefficient (Wildman–Crippen LogP) is 4.37. The molecule has 130 valence electrons. The average Bonchev–Trinajstić information content (AvgIpc) is 2.67. The number of para-hydroxylation sites is 2. The molecule has 0 saturated carbocycles. The molecule has 6 nitrogen and oxygen atoms in total. The molecular weight excluding hydrogens is 364 g/mol. The molecule has 1 aliphatic rings. The molecule has 2 heterocycles. The molecule has 3 N–H and O–H groups in total. The number of rotatable bonds is 4. The van der Waals surface area contributed by atoms with E-state index in [1.807, 2.05) is 48.5 Å². The molecule has 26 heavy (non-hydrogen) atoms. The van der Waals surface area contributed by atoms with Crippen LogP contribution in [0.5, 0.6) is 0 Å². The number of nitrogens with two attached hydrogens (primary N) is 1. The van der Waals surface area contributed by atoms with Crippen LogP contribution in [0.4, 0.5) is 23.3 Å². The Balaban J connectivity index is 1.46. The highest BCUT2D eigenvalue weighted by molar-refractivity contribution is 8.38. The lowest BCUT2D eigenvalue weighted by atomic mass is 10.2. The van der Waals surface area contributed by atoms with Crippen LogP contribution >= 0.6 is 23.5 Å². The van der Waals surface area contributed by atoms with Crippen molar-refractivity contribution in [3.63, 3.8) is 0 Å². The van der Waals surface area contributed by atoms with E-state index >= 15 is 0 Å². The van der Waals surface area contributed by atoms with Crippen molar-refractivity contribution in [2.24, 2.45) is 4.99 Å². The molecule has 0 unspecified atom stereocenters. The Hall–Kier alpha value is -2.58. The maximum Gasteiger partial charge on any atom is 0.232 e. The van der Waals surface area contributed by atoms with Gasteiger partial charge >= 0.3 is 0 Å². The summed E-state index contributed by atoms with van der Waals surface area (Å²) >= 11 is 3.35. The highest BCUT2D eigenvalue weighted by Crippen LogP contribution is 2.35. The van der Waals surface area contributed by atoms with Gasteiger partial charge in [-0.3, -0.25) is 0 Å². The lowest BCUT2D eigenvalue weighted by Gasteiger charge is -2.14. The lowest BCUT2D eigenvalue weighted by molar-refractivity contribution is 0.984. The number of nitrogens with one attached hydrogen (secondary N) is 1. The van der Waals surface area contributed by atoms with E-state index in [9.17, 15) is 0 Å². The monoisotopic (exact) mass is 380 g/mol. The molecule has 0 bridgehead atoms. The molecule has 0 amide bonds. The second-order valence-electron chi connectivity index (χ2n) is 5.51. The fraction of sp³-hybridized carbons (Fsp3) is 0.111. The Morgan fingerprint density at radius 2 is 1.81 bits per heavy atom. The number of anilines is 3. The molecular formula is C18H16N6S2. The van der Waals surface area contributed by atoms with E-state index in [1.165, 1.54) is 5.56 Å². The topological polar surface area (TPSA) is 89.1 Å². The van der Waals surface area contributed by atoms with Crippen molar-refractivity contribution in [1.29, 1.82) is 0 Å². The van der Waals surface area contributed by atoms with Crippen LogP contribution in [0.25, 0.3) is 0 Å². The maximum atomic E-state index is 5.84. The van der Waals surface area contributed by atoms with E-state index in [0.29, 0.717) is 17.5 Å². The zero-order chi connectivity index (χ0) is 17.8. The van der Waals surface area contributed by atoms with Crippen LogP contribution in [-0.4, -0.2) is 19.3 Å². The number of nitrogens with zero attached hydrogens (tertiary/aromatic N) is 4. The van der Waals surface area contributed by atoms with Crippen LogP contribution < -0.4 is 11.1 Å². The first-order chi connectivity index (χ1) is 12.8. The van der Waals surface area contributed by atoms with Gasteiger partial charge in [-0.2, -0.15) is 15.0 Å². The third-order valence-corrected chi connectivity index (χ3v) is 5.85. The van der Waals surface area contributed by atoms with Crippen LogP contribution in [-0.2, 0) is 11.5 Å².